The average Bonchev–Trinajstić information content (AvgIpc) is 2.46. The zero-order valence-corrected chi connectivity index (χ0v) is 12.0. The lowest BCUT2D eigenvalue weighted by Gasteiger charge is -2.17. The van der Waals surface area contributed by atoms with Crippen LogP contribution in [0.4, 0.5) is 11.4 Å². The molecule has 0 aliphatic heterocycles. The molecule has 4 nitrogen and oxygen atoms in total. The molecule has 0 aliphatic carbocycles. The number of hydrogen-bond acceptors (Lipinski definition) is 4. The number of anilines is 2. The summed E-state index contributed by atoms with van der Waals surface area (Å²) < 4.78 is 0. The van der Waals surface area contributed by atoms with E-state index in [4.69, 9.17) is 5.26 Å². The summed E-state index contributed by atoms with van der Waals surface area (Å²) in [5.74, 6) is 0. The molecule has 0 atom stereocenters. The van der Waals surface area contributed by atoms with Crippen molar-refractivity contribution in [2.75, 3.05) is 24.3 Å². The lowest BCUT2D eigenvalue weighted by Crippen LogP contribution is -2.11. The highest BCUT2D eigenvalue weighted by Gasteiger charge is 2.03. The van der Waals surface area contributed by atoms with Crippen LogP contribution in [0.15, 0.2) is 36.5 Å². The molecule has 102 valence electrons. The van der Waals surface area contributed by atoms with Crippen molar-refractivity contribution in [3.63, 3.8) is 0 Å². The van der Waals surface area contributed by atoms with E-state index in [-0.39, 0.29) is 0 Å². The summed E-state index contributed by atoms with van der Waals surface area (Å²) in [6, 6.07) is 12.1. The molecule has 0 bridgehead atoms. The standard InChI is InChI=1S/C16H18N4/c1-12-4-5-14(9-16(12)20(2)3)19-11-13-6-7-18-15(8-13)10-17/h4-9,19H,11H2,1-3H3. The van der Waals surface area contributed by atoms with Gasteiger partial charge in [-0.1, -0.05) is 6.07 Å². The van der Waals surface area contributed by atoms with E-state index in [2.05, 4.69) is 46.4 Å². The predicted octanol–water partition coefficient (Wildman–Crippen LogP) is 2.94. The summed E-state index contributed by atoms with van der Waals surface area (Å²) in [7, 11) is 4.07. The molecule has 0 spiro atoms. The van der Waals surface area contributed by atoms with E-state index in [1.54, 1.807) is 12.3 Å². The first kappa shape index (κ1) is 13.9. The van der Waals surface area contributed by atoms with Gasteiger partial charge < -0.3 is 10.2 Å². The third-order valence-electron chi connectivity index (χ3n) is 3.13. The number of nitrogens with one attached hydrogen (secondary N) is 1. The van der Waals surface area contributed by atoms with Gasteiger partial charge in [0.05, 0.1) is 0 Å². The molecule has 2 aromatic rings. The van der Waals surface area contributed by atoms with Gasteiger partial charge in [-0.25, -0.2) is 4.98 Å². The van der Waals surface area contributed by atoms with Crippen LogP contribution in [0.3, 0.4) is 0 Å². The first-order valence-corrected chi connectivity index (χ1v) is 6.47. The third kappa shape index (κ3) is 3.27. The second-order valence-electron chi connectivity index (χ2n) is 4.91. The van der Waals surface area contributed by atoms with Crippen molar-refractivity contribution in [3.8, 4) is 6.07 Å². The SMILES string of the molecule is Cc1ccc(NCc2ccnc(C#N)c2)cc1N(C)C. The van der Waals surface area contributed by atoms with Gasteiger partial charge in [0.1, 0.15) is 11.8 Å². The Morgan fingerprint density at radius 2 is 2.05 bits per heavy atom. The molecule has 0 amide bonds. The zero-order valence-electron chi connectivity index (χ0n) is 12.0. The summed E-state index contributed by atoms with van der Waals surface area (Å²) in [6.07, 6.45) is 1.66. The molecular weight excluding hydrogens is 248 g/mol. The molecule has 0 saturated carbocycles. The minimum atomic E-state index is 0.446. The summed E-state index contributed by atoms with van der Waals surface area (Å²) in [4.78, 5) is 6.06. The van der Waals surface area contributed by atoms with Gasteiger partial charge in [0, 0.05) is 38.2 Å². The Hall–Kier alpha value is -2.54. The maximum atomic E-state index is 8.84. The third-order valence-corrected chi connectivity index (χ3v) is 3.13. The van der Waals surface area contributed by atoms with Crippen molar-refractivity contribution in [2.24, 2.45) is 0 Å². The Labute approximate surface area is 119 Å². The van der Waals surface area contributed by atoms with Crippen molar-refractivity contribution in [1.82, 2.24) is 4.98 Å². The number of aryl methyl sites for hydroxylation is 1. The minimum absolute atomic E-state index is 0.446. The molecule has 1 heterocycles. The highest BCUT2D eigenvalue weighted by Crippen LogP contribution is 2.22. The highest BCUT2D eigenvalue weighted by molar-refractivity contribution is 5.61. The summed E-state index contributed by atoms with van der Waals surface area (Å²) in [6.45, 7) is 2.77. The van der Waals surface area contributed by atoms with Crippen LogP contribution < -0.4 is 10.2 Å². The number of pyridine rings is 1. The number of nitriles is 1. The van der Waals surface area contributed by atoms with Gasteiger partial charge in [0.2, 0.25) is 0 Å². The first-order chi connectivity index (χ1) is 9.60. The fourth-order valence-electron chi connectivity index (χ4n) is 2.05. The molecule has 2 rings (SSSR count). The van der Waals surface area contributed by atoms with E-state index in [0.29, 0.717) is 12.2 Å². The Bertz CT molecular complexity index is 641. The Morgan fingerprint density at radius 3 is 2.75 bits per heavy atom. The topological polar surface area (TPSA) is 52.0 Å². The lowest BCUT2D eigenvalue weighted by atomic mass is 10.1. The quantitative estimate of drug-likeness (QED) is 0.924. The van der Waals surface area contributed by atoms with Crippen molar-refractivity contribution < 1.29 is 0 Å². The van der Waals surface area contributed by atoms with E-state index in [9.17, 15) is 0 Å². The summed E-state index contributed by atoms with van der Waals surface area (Å²) >= 11 is 0. The van der Waals surface area contributed by atoms with Gasteiger partial charge in [-0.2, -0.15) is 5.26 Å². The van der Waals surface area contributed by atoms with Gasteiger partial charge >= 0.3 is 0 Å². The largest absolute Gasteiger partial charge is 0.381 e. The number of nitrogens with zero attached hydrogens (tertiary/aromatic N) is 3. The zero-order chi connectivity index (χ0) is 14.5. The predicted molar refractivity (Wildman–Crippen MR) is 81.8 cm³/mol. The number of hydrogen-bond donors (Lipinski definition) is 1. The van der Waals surface area contributed by atoms with Crippen LogP contribution in [0.2, 0.25) is 0 Å². The number of aromatic nitrogens is 1. The van der Waals surface area contributed by atoms with Gasteiger partial charge in [0.25, 0.3) is 0 Å². The Morgan fingerprint density at radius 1 is 1.25 bits per heavy atom. The smallest absolute Gasteiger partial charge is 0.140 e. The molecule has 0 saturated heterocycles. The van der Waals surface area contributed by atoms with E-state index in [1.165, 1.54) is 11.3 Å². The van der Waals surface area contributed by atoms with Crippen molar-refractivity contribution in [2.45, 2.75) is 13.5 Å². The van der Waals surface area contributed by atoms with E-state index in [0.717, 1.165) is 11.3 Å². The molecule has 0 unspecified atom stereocenters. The second-order valence-corrected chi connectivity index (χ2v) is 4.91. The van der Waals surface area contributed by atoms with Crippen molar-refractivity contribution in [1.29, 1.82) is 5.26 Å². The van der Waals surface area contributed by atoms with Crippen LogP contribution >= 0.6 is 0 Å². The second kappa shape index (κ2) is 6.07. The van der Waals surface area contributed by atoms with E-state index >= 15 is 0 Å². The number of benzene rings is 1. The maximum absolute atomic E-state index is 8.84. The van der Waals surface area contributed by atoms with E-state index in [1.807, 2.05) is 20.2 Å². The fraction of sp³-hybridized carbons (Fsp3) is 0.250. The van der Waals surface area contributed by atoms with E-state index < -0.39 is 0 Å². The summed E-state index contributed by atoms with van der Waals surface area (Å²) in [5.41, 5.74) is 5.00. The first-order valence-electron chi connectivity index (χ1n) is 6.47. The van der Waals surface area contributed by atoms with Gasteiger partial charge in [0.15, 0.2) is 0 Å². The average molecular weight is 266 g/mol. The molecule has 1 aromatic carbocycles. The molecule has 20 heavy (non-hydrogen) atoms. The monoisotopic (exact) mass is 266 g/mol. The van der Waals surface area contributed by atoms with Gasteiger partial charge in [-0.3, -0.25) is 0 Å². The van der Waals surface area contributed by atoms with Crippen LogP contribution in [-0.4, -0.2) is 19.1 Å². The highest BCUT2D eigenvalue weighted by atomic mass is 15.1. The summed E-state index contributed by atoms with van der Waals surface area (Å²) in [5, 5.41) is 12.2. The Kier molecular flexibility index (Phi) is 4.21. The van der Waals surface area contributed by atoms with Gasteiger partial charge in [-0.15, -0.1) is 0 Å². The maximum Gasteiger partial charge on any atom is 0.140 e. The van der Waals surface area contributed by atoms with Crippen LogP contribution in [0.25, 0.3) is 0 Å². The van der Waals surface area contributed by atoms with Crippen molar-refractivity contribution >= 4 is 11.4 Å². The molecule has 0 fully saturated rings. The molecule has 0 radical (unpaired) electrons. The van der Waals surface area contributed by atoms with Crippen molar-refractivity contribution in [3.05, 3.63) is 53.3 Å². The molecule has 1 N–H and O–H groups in total. The molecular formula is C16H18N4. The minimum Gasteiger partial charge on any atom is -0.381 e. The van der Waals surface area contributed by atoms with Crippen LogP contribution in [0.1, 0.15) is 16.8 Å². The van der Waals surface area contributed by atoms with Crippen LogP contribution in [-0.2, 0) is 6.54 Å². The lowest BCUT2D eigenvalue weighted by molar-refractivity contribution is 1.10. The van der Waals surface area contributed by atoms with Gasteiger partial charge in [-0.05, 0) is 42.3 Å². The van der Waals surface area contributed by atoms with Crippen LogP contribution in [0.5, 0.6) is 0 Å². The van der Waals surface area contributed by atoms with Crippen LogP contribution in [0, 0.1) is 18.3 Å². The fourth-order valence-corrected chi connectivity index (χ4v) is 2.05. The molecule has 4 heteroatoms. The Balaban J connectivity index is 2.11. The number of rotatable bonds is 4. The molecule has 0 aliphatic rings. The normalized spacial score (nSPS) is 9.90. The molecule has 1 aromatic heterocycles.